The average Bonchev–Trinajstić information content (AvgIpc) is 3.01. The Morgan fingerprint density at radius 1 is 1.27 bits per heavy atom. The molecule has 5 heteroatoms. The van der Waals surface area contributed by atoms with E-state index in [1.165, 1.54) is 12.0 Å². The number of carbonyl (C=O) groups excluding carboxylic acids is 1. The van der Waals surface area contributed by atoms with Crippen LogP contribution in [0.1, 0.15) is 18.4 Å². The van der Waals surface area contributed by atoms with Gasteiger partial charge in [-0.2, -0.15) is 0 Å². The van der Waals surface area contributed by atoms with E-state index in [9.17, 15) is 4.79 Å². The summed E-state index contributed by atoms with van der Waals surface area (Å²) in [6.45, 7) is 3.45. The van der Waals surface area contributed by atoms with E-state index >= 15 is 0 Å². The van der Waals surface area contributed by atoms with E-state index in [1.807, 2.05) is 18.2 Å². The number of ether oxygens (including phenoxy) is 1. The molecule has 3 unspecified atom stereocenters. The molecule has 1 amide bonds. The summed E-state index contributed by atoms with van der Waals surface area (Å²) >= 11 is 0. The minimum Gasteiger partial charge on any atom is -0.492 e. The fourth-order valence-electron chi connectivity index (χ4n) is 3.99. The van der Waals surface area contributed by atoms with Crippen molar-refractivity contribution in [3.8, 4) is 5.75 Å². The molecule has 120 valence electrons. The van der Waals surface area contributed by atoms with E-state index in [4.69, 9.17) is 4.74 Å². The van der Waals surface area contributed by atoms with Gasteiger partial charge >= 0.3 is 0 Å². The molecule has 1 N–H and O–H groups in total. The van der Waals surface area contributed by atoms with E-state index in [0.29, 0.717) is 18.6 Å². The number of likely N-dealkylation sites (tertiary alicyclic amines) is 1. The van der Waals surface area contributed by atoms with Gasteiger partial charge in [0, 0.05) is 19.1 Å². The Morgan fingerprint density at radius 2 is 2.14 bits per heavy atom. The fraction of sp³-hybridized carbons (Fsp3) is 0.588. The first-order valence-corrected chi connectivity index (χ1v) is 8.04. The number of piperidine rings is 1. The molecule has 0 aliphatic carbocycles. The second kappa shape index (κ2) is 6.47. The molecule has 1 aromatic rings. The van der Waals surface area contributed by atoms with Crippen molar-refractivity contribution in [1.29, 1.82) is 0 Å². The molecule has 3 aliphatic heterocycles. The lowest BCUT2D eigenvalue weighted by Gasteiger charge is -2.37. The summed E-state index contributed by atoms with van der Waals surface area (Å²) in [4.78, 5) is 14.9. The lowest BCUT2D eigenvalue weighted by Crippen LogP contribution is -2.50. The number of para-hydroxylation sites is 1. The van der Waals surface area contributed by atoms with Gasteiger partial charge in [0.15, 0.2) is 0 Å². The molecule has 2 fully saturated rings. The smallest absolute Gasteiger partial charge is 0.229 e. The quantitative estimate of drug-likeness (QED) is 0.858. The third-order valence-corrected chi connectivity index (χ3v) is 5.20. The summed E-state index contributed by atoms with van der Waals surface area (Å²) in [5.74, 6) is 1.88. The number of rotatable bonds is 1. The Balaban J connectivity index is 0.00000144. The third-order valence-electron chi connectivity index (χ3n) is 5.20. The van der Waals surface area contributed by atoms with Crippen molar-refractivity contribution in [3.05, 3.63) is 29.8 Å². The van der Waals surface area contributed by atoms with Crippen molar-refractivity contribution in [2.24, 2.45) is 11.8 Å². The Kier molecular flexibility index (Phi) is 4.59. The zero-order valence-corrected chi connectivity index (χ0v) is 13.5. The monoisotopic (exact) mass is 322 g/mol. The summed E-state index contributed by atoms with van der Waals surface area (Å²) in [6.07, 6.45) is 3.12. The van der Waals surface area contributed by atoms with E-state index in [0.717, 1.165) is 38.2 Å². The Labute approximate surface area is 137 Å². The molecule has 0 aromatic heterocycles. The maximum Gasteiger partial charge on any atom is 0.229 e. The molecule has 3 heterocycles. The largest absolute Gasteiger partial charge is 0.492 e. The first kappa shape index (κ1) is 15.6. The minimum atomic E-state index is -0.00851. The van der Waals surface area contributed by atoms with Crippen molar-refractivity contribution in [2.45, 2.75) is 25.3 Å². The standard InChI is InChI=1S/C17H22N2O2.ClH/c20-17(19-8-6-15-13(10-19)5-7-18-15)14-9-12-3-1-2-4-16(12)21-11-14;/h1-4,13-15,18H,5-11H2;1H. The van der Waals surface area contributed by atoms with Crippen LogP contribution in [0.25, 0.3) is 0 Å². The molecule has 0 bridgehead atoms. The van der Waals surface area contributed by atoms with Gasteiger partial charge in [-0.05, 0) is 43.4 Å². The van der Waals surface area contributed by atoms with E-state index in [1.54, 1.807) is 0 Å². The third kappa shape index (κ3) is 2.82. The Bertz CT molecular complexity index is 551. The van der Waals surface area contributed by atoms with Crippen LogP contribution in [0.15, 0.2) is 24.3 Å². The number of hydrogen-bond donors (Lipinski definition) is 1. The number of halogens is 1. The second-order valence-electron chi connectivity index (χ2n) is 6.50. The molecule has 4 rings (SSSR count). The zero-order valence-electron chi connectivity index (χ0n) is 12.7. The minimum absolute atomic E-state index is 0. The highest BCUT2D eigenvalue weighted by molar-refractivity contribution is 5.85. The van der Waals surface area contributed by atoms with Crippen LogP contribution < -0.4 is 10.1 Å². The van der Waals surface area contributed by atoms with Crippen molar-refractivity contribution in [3.63, 3.8) is 0 Å². The number of nitrogens with one attached hydrogen (secondary N) is 1. The molecular weight excluding hydrogens is 300 g/mol. The molecule has 1 aromatic carbocycles. The number of benzene rings is 1. The molecular formula is C17H23ClN2O2. The number of amides is 1. The van der Waals surface area contributed by atoms with Crippen molar-refractivity contribution < 1.29 is 9.53 Å². The van der Waals surface area contributed by atoms with Gasteiger partial charge in [0.2, 0.25) is 5.91 Å². The summed E-state index contributed by atoms with van der Waals surface area (Å²) < 4.78 is 5.77. The molecule has 3 aliphatic rings. The van der Waals surface area contributed by atoms with Gasteiger partial charge in [0.25, 0.3) is 0 Å². The van der Waals surface area contributed by atoms with Crippen LogP contribution in [-0.2, 0) is 11.2 Å². The van der Waals surface area contributed by atoms with Gasteiger partial charge in [-0.25, -0.2) is 0 Å². The molecule has 4 nitrogen and oxygen atoms in total. The first-order chi connectivity index (χ1) is 10.3. The van der Waals surface area contributed by atoms with E-state index in [-0.39, 0.29) is 24.2 Å². The summed E-state index contributed by atoms with van der Waals surface area (Å²) in [5, 5.41) is 3.55. The van der Waals surface area contributed by atoms with Gasteiger partial charge in [0.05, 0.1) is 5.92 Å². The first-order valence-electron chi connectivity index (χ1n) is 8.04. The lowest BCUT2D eigenvalue weighted by molar-refractivity contribution is -0.138. The van der Waals surface area contributed by atoms with Crippen LogP contribution in [0.2, 0.25) is 0 Å². The molecule has 0 spiro atoms. The zero-order chi connectivity index (χ0) is 14.2. The summed E-state index contributed by atoms with van der Waals surface area (Å²) in [7, 11) is 0. The van der Waals surface area contributed by atoms with Gasteiger partial charge in [-0.3, -0.25) is 4.79 Å². The predicted molar refractivity (Wildman–Crippen MR) is 87.5 cm³/mol. The molecule has 0 saturated carbocycles. The number of fused-ring (bicyclic) bond motifs is 2. The number of nitrogens with zero attached hydrogens (tertiary/aromatic N) is 1. The maximum absolute atomic E-state index is 12.8. The Morgan fingerprint density at radius 3 is 3.05 bits per heavy atom. The van der Waals surface area contributed by atoms with E-state index in [2.05, 4.69) is 16.3 Å². The second-order valence-corrected chi connectivity index (χ2v) is 6.50. The Hall–Kier alpha value is -1.26. The van der Waals surface area contributed by atoms with E-state index < -0.39 is 0 Å². The van der Waals surface area contributed by atoms with Crippen LogP contribution in [0.4, 0.5) is 0 Å². The normalized spacial score (nSPS) is 29.8. The van der Waals surface area contributed by atoms with Crippen LogP contribution in [-0.4, -0.2) is 43.1 Å². The van der Waals surface area contributed by atoms with Crippen LogP contribution in [0, 0.1) is 11.8 Å². The average molecular weight is 323 g/mol. The van der Waals surface area contributed by atoms with Crippen molar-refractivity contribution in [1.82, 2.24) is 10.2 Å². The van der Waals surface area contributed by atoms with Gasteiger partial charge < -0.3 is 15.0 Å². The number of hydrogen-bond acceptors (Lipinski definition) is 3. The van der Waals surface area contributed by atoms with Crippen LogP contribution >= 0.6 is 12.4 Å². The lowest BCUT2D eigenvalue weighted by atomic mass is 9.90. The SMILES string of the molecule is Cl.O=C(C1COc2ccccc2C1)N1CCC2NCCC2C1. The highest BCUT2D eigenvalue weighted by Crippen LogP contribution is 2.30. The summed E-state index contributed by atoms with van der Waals surface area (Å²) in [5.41, 5.74) is 1.17. The topological polar surface area (TPSA) is 41.6 Å². The van der Waals surface area contributed by atoms with Crippen molar-refractivity contribution >= 4 is 18.3 Å². The van der Waals surface area contributed by atoms with Gasteiger partial charge in [-0.1, -0.05) is 18.2 Å². The molecule has 0 radical (unpaired) electrons. The van der Waals surface area contributed by atoms with Gasteiger partial charge in [0.1, 0.15) is 12.4 Å². The molecule has 22 heavy (non-hydrogen) atoms. The predicted octanol–water partition coefficient (Wildman–Crippen LogP) is 1.87. The molecule has 3 atom stereocenters. The maximum atomic E-state index is 12.8. The van der Waals surface area contributed by atoms with Gasteiger partial charge in [-0.15, -0.1) is 12.4 Å². The highest BCUT2D eigenvalue weighted by atomic mass is 35.5. The fourth-order valence-corrected chi connectivity index (χ4v) is 3.99. The van der Waals surface area contributed by atoms with Crippen molar-refractivity contribution in [2.75, 3.05) is 26.2 Å². The molecule has 2 saturated heterocycles. The highest BCUT2D eigenvalue weighted by Gasteiger charge is 2.37. The van der Waals surface area contributed by atoms with Crippen LogP contribution in [0.5, 0.6) is 5.75 Å². The summed E-state index contributed by atoms with van der Waals surface area (Å²) in [6, 6.07) is 8.70. The number of carbonyl (C=O) groups is 1. The van der Waals surface area contributed by atoms with Crippen LogP contribution in [0.3, 0.4) is 0 Å².